The molecule has 0 amide bonds. The van der Waals surface area contributed by atoms with Crippen LogP contribution in [0.2, 0.25) is 0 Å². The lowest BCUT2D eigenvalue weighted by Crippen LogP contribution is -2.17. The van der Waals surface area contributed by atoms with E-state index < -0.39 is 12.1 Å². The SMILES string of the molecule is COC(=O)C(O)c1ccc(OC)c(OC2CCSC2)c1. The van der Waals surface area contributed by atoms with Crippen molar-refractivity contribution in [3.8, 4) is 11.5 Å². The van der Waals surface area contributed by atoms with Gasteiger partial charge < -0.3 is 19.3 Å². The minimum absolute atomic E-state index is 0.138. The summed E-state index contributed by atoms with van der Waals surface area (Å²) in [6.45, 7) is 0. The van der Waals surface area contributed by atoms with Crippen LogP contribution in [0.25, 0.3) is 0 Å². The molecule has 1 aliphatic heterocycles. The highest BCUT2D eigenvalue weighted by Crippen LogP contribution is 2.33. The topological polar surface area (TPSA) is 65.0 Å². The Labute approximate surface area is 122 Å². The lowest BCUT2D eigenvalue weighted by Gasteiger charge is -2.17. The Morgan fingerprint density at radius 1 is 1.40 bits per heavy atom. The molecule has 5 nitrogen and oxygen atoms in total. The molecule has 1 N–H and O–H groups in total. The molecular weight excluding hydrogens is 280 g/mol. The van der Waals surface area contributed by atoms with Crippen LogP contribution in [0.4, 0.5) is 0 Å². The second-order valence-electron chi connectivity index (χ2n) is 4.44. The molecule has 1 aromatic carbocycles. The molecule has 2 rings (SSSR count). The maximum atomic E-state index is 11.4. The molecule has 1 saturated heterocycles. The maximum absolute atomic E-state index is 11.4. The summed E-state index contributed by atoms with van der Waals surface area (Å²) in [5, 5.41) is 9.86. The first kappa shape index (κ1) is 15.0. The summed E-state index contributed by atoms with van der Waals surface area (Å²) in [4.78, 5) is 11.4. The molecule has 1 heterocycles. The molecule has 0 radical (unpaired) electrons. The van der Waals surface area contributed by atoms with Gasteiger partial charge >= 0.3 is 5.97 Å². The fourth-order valence-corrected chi connectivity index (χ4v) is 3.08. The van der Waals surface area contributed by atoms with Gasteiger partial charge in [0.05, 0.1) is 14.2 Å². The van der Waals surface area contributed by atoms with E-state index in [9.17, 15) is 9.90 Å². The van der Waals surface area contributed by atoms with Gasteiger partial charge in [0.2, 0.25) is 0 Å². The normalized spacial score (nSPS) is 19.4. The molecule has 2 atom stereocenters. The second kappa shape index (κ2) is 6.85. The van der Waals surface area contributed by atoms with Gasteiger partial charge in [-0.2, -0.15) is 11.8 Å². The van der Waals surface area contributed by atoms with E-state index in [1.807, 2.05) is 11.8 Å². The minimum atomic E-state index is -1.31. The molecule has 0 aliphatic carbocycles. The Hall–Kier alpha value is -1.40. The Bertz CT molecular complexity index is 471. The summed E-state index contributed by atoms with van der Waals surface area (Å²) in [5.74, 6) is 2.45. The number of aliphatic hydroxyl groups excluding tert-OH is 1. The second-order valence-corrected chi connectivity index (χ2v) is 5.59. The monoisotopic (exact) mass is 298 g/mol. The van der Waals surface area contributed by atoms with Crippen LogP contribution in [0.3, 0.4) is 0 Å². The van der Waals surface area contributed by atoms with E-state index in [0.717, 1.165) is 17.9 Å². The van der Waals surface area contributed by atoms with Crippen LogP contribution in [0.15, 0.2) is 18.2 Å². The van der Waals surface area contributed by atoms with Gasteiger partial charge in [-0.15, -0.1) is 0 Å². The highest BCUT2D eigenvalue weighted by Gasteiger charge is 2.22. The van der Waals surface area contributed by atoms with Crippen LogP contribution < -0.4 is 9.47 Å². The van der Waals surface area contributed by atoms with Gasteiger partial charge in [-0.1, -0.05) is 6.07 Å². The standard InChI is InChI=1S/C14H18O5S/c1-17-11-4-3-9(13(15)14(16)18-2)7-12(11)19-10-5-6-20-8-10/h3-4,7,10,13,15H,5-6,8H2,1-2H3. The largest absolute Gasteiger partial charge is 0.493 e. The zero-order valence-electron chi connectivity index (χ0n) is 11.5. The van der Waals surface area contributed by atoms with Gasteiger partial charge in [0.1, 0.15) is 6.10 Å². The van der Waals surface area contributed by atoms with E-state index in [1.165, 1.54) is 7.11 Å². The maximum Gasteiger partial charge on any atom is 0.339 e. The lowest BCUT2D eigenvalue weighted by molar-refractivity contribution is -0.150. The van der Waals surface area contributed by atoms with Crippen molar-refractivity contribution < 1.29 is 24.1 Å². The predicted molar refractivity (Wildman–Crippen MR) is 76.3 cm³/mol. The molecule has 110 valence electrons. The van der Waals surface area contributed by atoms with Gasteiger partial charge in [0.15, 0.2) is 17.6 Å². The summed E-state index contributed by atoms with van der Waals surface area (Å²) in [6.07, 6.45) is -0.192. The summed E-state index contributed by atoms with van der Waals surface area (Å²) in [5.41, 5.74) is 0.429. The van der Waals surface area contributed by atoms with Gasteiger partial charge in [-0.3, -0.25) is 0 Å². The molecule has 0 bridgehead atoms. The summed E-state index contributed by atoms with van der Waals surface area (Å²) in [6, 6.07) is 4.93. The first-order chi connectivity index (χ1) is 9.65. The number of methoxy groups -OCH3 is 2. The number of thioether (sulfide) groups is 1. The smallest absolute Gasteiger partial charge is 0.339 e. The molecule has 1 fully saturated rings. The molecule has 1 aromatic rings. The molecule has 6 heteroatoms. The van der Waals surface area contributed by atoms with Crippen molar-refractivity contribution >= 4 is 17.7 Å². The lowest BCUT2D eigenvalue weighted by atomic mass is 10.1. The van der Waals surface area contributed by atoms with E-state index >= 15 is 0 Å². The van der Waals surface area contributed by atoms with E-state index in [4.69, 9.17) is 9.47 Å². The Kier molecular flexibility index (Phi) is 5.14. The number of ether oxygens (including phenoxy) is 3. The van der Waals surface area contributed by atoms with E-state index in [2.05, 4.69) is 4.74 Å². The Morgan fingerprint density at radius 3 is 2.80 bits per heavy atom. The molecule has 0 aromatic heterocycles. The first-order valence-electron chi connectivity index (χ1n) is 6.34. The van der Waals surface area contributed by atoms with Crippen LogP contribution in [0, 0.1) is 0 Å². The Morgan fingerprint density at radius 2 is 2.20 bits per heavy atom. The van der Waals surface area contributed by atoms with Crippen LogP contribution in [0.5, 0.6) is 11.5 Å². The molecule has 0 saturated carbocycles. The fourth-order valence-electron chi connectivity index (χ4n) is 1.99. The van der Waals surface area contributed by atoms with Crippen molar-refractivity contribution in [2.75, 3.05) is 25.7 Å². The third kappa shape index (κ3) is 3.37. The van der Waals surface area contributed by atoms with E-state index in [1.54, 1.807) is 25.3 Å². The van der Waals surface area contributed by atoms with Crippen molar-refractivity contribution in [3.63, 3.8) is 0 Å². The molecular formula is C14H18O5S. The zero-order valence-corrected chi connectivity index (χ0v) is 12.3. The van der Waals surface area contributed by atoms with Crippen LogP contribution in [-0.4, -0.2) is 42.9 Å². The Balaban J connectivity index is 2.21. The number of esters is 1. The van der Waals surface area contributed by atoms with Crippen molar-refractivity contribution in [1.82, 2.24) is 0 Å². The summed E-state index contributed by atoms with van der Waals surface area (Å²) < 4.78 is 15.7. The summed E-state index contributed by atoms with van der Waals surface area (Å²) in [7, 11) is 2.80. The van der Waals surface area contributed by atoms with Gasteiger partial charge in [0.25, 0.3) is 0 Å². The first-order valence-corrected chi connectivity index (χ1v) is 7.49. The average molecular weight is 298 g/mol. The van der Waals surface area contributed by atoms with Gasteiger partial charge in [-0.25, -0.2) is 4.79 Å². The molecule has 0 spiro atoms. The third-order valence-electron chi connectivity index (χ3n) is 3.11. The number of hydrogen-bond acceptors (Lipinski definition) is 6. The highest BCUT2D eigenvalue weighted by molar-refractivity contribution is 7.99. The van der Waals surface area contributed by atoms with Gasteiger partial charge in [0, 0.05) is 5.75 Å². The number of hydrogen-bond donors (Lipinski definition) is 1. The molecule has 20 heavy (non-hydrogen) atoms. The van der Waals surface area contributed by atoms with Crippen LogP contribution >= 0.6 is 11.8 Å². The fraction of sp³-hybridized carbons (Fsp3) is 0.500. The quantitative estimate of drug-likeness (QED) is 0.836. The predicted octanol–water partition coefficient (Wildman–Crippen LogP) is 1.79. The number of benzene rings is 1. The minimum Gasteiger partial charge on any atom is -0.493 e. The number of rotatable bonds is 5. The third-order valence-corrected chi connectivity index (χ3v) is 4.24. The zero-order chi connectivity index (χ0) is 14.5. The summed E-state index contributed by atoms with van der Waals surface area (Å²) >= 11 is 1.84. The van der Waals surface area contributed by atoms with Crippen molar-refractivity contribution in [3.05, 3.63) is 23.8 Å². The van der Waals surface area contributed by atoms with E-state index in [-0.39, 0.29) is 6.10 Å². The van der Waals surface area contributed by atoms with Crippen molar-refractivity contribution in [1.29, 1.82) is 0 Å². The number of aliphatic hydroxyl groups is 1. The van der Waals surface area contributed by atoms with Gasteiger partial charge in [-0.05, 0) is 29.9 Å². The van der Waals surface area contributed by atoms with Crippen LogP contribution in [0.1, 0.15) is 18.1 Å². The highest BCUT2D eigenvalue weighted by atomic mass is 32.2. The average Bonchev–Trinajstić information content (AvgIpc) is 2.98. The van der Waals surface area contributed by atoms with Crippen LogP contribution in [-0.2, 0) is 9.53 Å². The van der Waals surface area contributed by atoms with Crippen molar-refractivity contribution in [2.24, 2.45) is 0 Å². The number of carbonyl (C=O) groups excluding carboxylic acids is 1. The van der Waals surface area contributed by atoms with Crippen molar-refractivity contribution in [2.45, 2.75) is 18.6 Å². The van der Waals surface area contributed by atoms with E-state index in [0.29, 0.717) is 17.1 Å². The molecule has 1 aliphatic rings. The number of carbonyl (C=O) groups is 1. The molecule has 2 unspecified atom stereocenters.